The minimum atomic E-state index is -0.414. The highest BCUT2D eigenvalue weighted by Crippen LogP contribution is 2.28. The van der Waals surface area contributed by atoms with Gasteiger partial charge in [-0.1, -0.05) is 0 Å². The number of rotatable bonds is 7. The van der Waals surface area contributed by atoms with E-state index in [1.807, 2.05) is 6.07 Å². The van der Waals surface area contributed by atoms with Crippen LogP contribution in [0.5, 0.6) is 0 Å². The third-order valence-electron chi connectivity index (χ3n) is 3.74. The zero-order valence-electron chi connectivity index (χ0n) is 12.3. The maximum absolute atomic E-state index is 11.2. The first-order valence-corrected chi connectivity index (χ1v) is 7.97. The molecule has 1 fully saturated rings. The summed E-state index contributed by atoms with van der Waals surface area (Å²) in [5, 5.41) is 3.51. The molecule has 1 unspecified atom stereocenters. The van der Waals surface area contributed by atoms with Crippen molar-refractivity contribution in [3.8, 4) is 0 Å². The SMILES string of the molecule is COCCN(CC1CCCN1)c1ccc(C(N)=O)cc1Br. The van der Waals surface area contributed by atoms with E-state index in [-0.39, 0.29) is 0 Å². The van der Waals surface area contributed by atoms with Gasteiger partial charge in [0.25, 0.3) is 0 Å². The number of anilines is 1. The zero-order valence-corrected chi connectivity index (χ0v) is 13.9. The number of benzene rings is 1. The quantitative estimate of drug-likeness (QED) is 0.781. The molecule has 0 aromatic heterocycles. The van der Waals surface area contributed by atoms with Crippen LogP contribution in [-0.4, -0.2) is 45.3 Å². The van der Waals surface area contributed by atoms with E-state index in [9.17, 15) is 4.79 Å². The number of hydrogen-bond acceptors (Lipinski definition) is 4. The lowest BCUT2D eigenvalue weighted by Crippen LogP contribution is -2.39. The molecule has 0 aliphatic carbocycles. The van der Waals surface area contributed by atoms with E-state index in [2.05, 4.69) is 26.1 Å². The van der Waals surface area contributed by atoms with Crippen LogP contribution >= 0.6 is 15.9 Å². The molecule has 1 aliphatic heterocycles. The molecule has 21 heavy (non-hydrogen) atoms. The number of methoxy groups -OCH3 is 1. The topological polar surface area (TPSA) is 67.6 Å². The number of carbonyl (C=O) groups is 1. The normalized spacial score (nSPS) is 17.9. The van der Waals surface area contributed by atoms with Crippen molar-refractivity contribution < 1.29 is 9.53 Å². The van der Waals surface area contributed by atoms with E-state index in [0.717, 1.165) is 29.8 Å². The highest BCUT2D eigenvalue weighted by Gasteiger charge is 2.19. The van der Waals surface area contributed by atoms with Crippen molar-refractivity contribution in [3.63, 3.8) is 0 Å². The van der Waals surface area contributed by atoms with Crippen molar-refractivity contribution in [2.75, 3.05) is 38.3 Å². The predicted molar refractivity (Wildman–Crippen MR) is 87.8 cm³/mol. The van der Waals surface area contributed by atoms with Crippen LogP contribution in [0.4, 0.5) is 5.69 Å². The Labute approximate surface area is 134 Å². The molecule has 0 bridgehead atoms. The Bertz CT molecular complexity index is 490. The number of carbonyl (C=O) groups excluding carboxylic acids is 1. The molecule has 116 valence electrons. The molecule has 5 nitrogen and oxygen atoms in total. The summed E-state index contributed by atoms with van der Waals surface area (Å²) in [7, 11) is 1.71. The Morgan fingerprint density at radius 3 is 2.95 bits per heavy atom. The van der Waals surface area contributed by atoms with Crippen LogP contribution in [0.15, 0.2) is 22.7 Å². The lowest BCUT2D eigenvalue weighted by molar-refractivity contribution is 0.1000. The molecule has 2 rings (SSSR count). The van der Waals surface area contributed by atoms with Crippen molar-refractivity contribution in [2.24, 2.45) is 5.73 Å². The van der Waals surface area contributed by atoms with Gasteiger partial charge in [0.15, 0.2) is 0 Å². The van der Waals surface area contributed by atoms with Gasteiger partial charge in [0.05, 0.1) is 12.3 Å². The molecule has 0 radical (unpaired) electrons. The average Bonchev–Trinajstić information content (AvgIpc) is 2.96. The maximum atomic E-state index is 11.2. The number of amides is 1. The van der Waals surface area contributed by atoms with Crippen LogP contribution in [0.25, 0.3) is 0 Å². The van der Waals surface area contributed by atoms with E-state index in [0.29, 0.717) is 18.2 Å². The van der Waals surface area contributed by atoms with Gasteiger partial charge in [-0.2, -0.15) is 0 Å². The second-order valence-corrected chi connectivity index (χ2v) is 6.12. The molecule has 0 saturated carbocycles. The summed E-state index contributed by atoms with van der Waals surface area (Å²) in [5.41, 5.74) is 6.89. The highest BCUT2D eigenvalue weighted by atomic mass is 79.9. The van der Waals surface area contributed by atoms with E-state index in [4.69, 9.17) is 10.5 Å². The molecule has 1 saturated heterocycles. The third kappa shape index (κ3) is 4.43. The minimum Gasteiger partial charge on any atom is -0.383 e. The van der Waals surface area contributed by atoms with Crippen LogP contribution in [-0.2, 0) is 4.74 Å². The monoisotopic (exact) mass is 355 g/mol. The molecule has 1 heterocycles. The second-order valence-electron chi connectivity index (χ2n) is 5.26. The molecule has 1 amide bonds. The molecule has 1 aromatic carbocycles. The van der Waals surface area contributed by atoms with E-state index < -0.39 is 5.91 Å². The van der Waals surface area contributed by atoms with Crippen LogP contribution < -0.4 is 16.0 Å². The van der Waals surface area contributed by atoms with Gasteiger partial charge in [-0.15, -0.1) is 0 Å². The number of ether oxygens (including phenoxy) is 1. The smallest absolute Gasteiger partial charge is 0.248 e. The van der Waals surface area contributed by atoms with Crippen LogP contribution in [0.1, 0.15) is 23.2 Å². The Kier molecular flexibility index (Phi) is 6.02. The number of halogens is 1. The van der Waals surface area contributed by atoms with Crippen LogP contribution in [0, 0.1) is 0 Å². The molecule has 1 atom stereocenters. The first kappa shape index (κ1) is 16.3. The lowest BCUT2D eigenvalue weighted by Gasteiger charge is -2.28. The van der Waals surface area contributed by atoms with E-state index in [1.165, 1.54) is 12.8 Å². The molecular weight excluding hydrogens is 334 g/mol. The van der Waals surface area contributed by atoms with Crippen molar-refractivity contribution in [3.05, 3.63) is 28.2 Å². The summed E-state index contributed by atoms with van der Waals surface area (Å²) in [5.74, 6) is -0.414. The van der Waals surface area contributed by atoms with Crippen LogP contribution in [0.3, 0.4) is 0 Å². The van der Waals surface area contributed by atoms with Gasteiger partial charge < -0.3 is 20.7 Å². The van der Waals surface area contributed by atoms with Crippen molar-refractivity contribution in [2.45, 2.75) is 18.9 Å². The largest absolute Gasteiger partial charge is 0.383 e. The fourth-order valence-electron chi connectivity index (χ4n) is 2.61. The van der Waals surface area contributed by atoms with Gasteiger partial charge in [0.2, 0.25) is 5.91 Å². The fourth-order valence-corrected chi connectivity index (χ4v) is 3.24. The first-order chi connectivity index (χ1) is 10.1. The molecule has 3 N–H and O–H groups in total. The highest BCUT2D eigenvalue weighted by molar-refractivity contribution is 9.10. The number of nitrogens with one attached hydrogen (secondary N) is 1. The Morgan fingerprint density at radius 2 is 2.38 bits per heavy atom. The summed E-state index contributed by atoms with van der Waals surface area (Å²) in [6, 6.07) is 5.99. The summed E-state index contributed by atoms with van der Waals surface area (Å²) >= 11 is 3.55. The Morgan fingerprint density at radius 1 is 1.57 bits per heavy atom. The molecule has 1 aliphatic rings. The zero-order chi connectivity index (χ0) is 15.2. The van der Waals surface area contributed by atoms with Gasteiger partial charge >= 0.3 is 0 Å². The van der Waals surface area contributed by atoms with Crippen molar-refractivity contribution in [1.82, 2.24) is 5.32 Å². The van der Waals surface area contributed by atoms with Crippen LogP contribution in [0.2, 0.25) is 0 Å². The Hall–Kier alpha value is -1.11. The van der Waals surface area contributed by atoms with Gasteiger partial charge in [-0.25, -0.2) is 0 Å². The summed E-state index contributed by atoms with van der Waals surface area (Å²) < 4.78 is 6.09. The van der Waals surface area contributed by atoms with Gasteiger partial charge in [0.1, 0.15) is 0 Å². The summed E-state index contributed by atoms with van der Waals surface area (Å²) in [6.45, 7) is 3.49. The summed E-state index contributed by atoms with van der Waals surface area (Å²) in [4.78, 5) is 13.5. The summed E-state index contributed by atoms with van der Waals surface area (Å²) in [6.07, 6.45) is 2.42. The number of nitrogens with zero attached hydrogens (tertiary/aromatic N) is 1. The molecule has 6 heteroatoms. The van der Waals surface area contributed by atoms with Crippen molar-refractivity contribution in [1.29, 1.82) is 0 Å². The first-order valence-electron chi connectivity index (χ1n) is 7.18. The van der Waals surface area contributed by atoms with E-state index >= 15 is 0 Å². The van der Waals surface area contributed by atoms with Gasteiger partial charge in [-0.05, 0) is 53.5 Å². The number of nitrogens with two attached hydrogens (primary N) is 1. The van der Waals surface area contributed by atoms with Crippen molar-refractivity contribution >= 4 is 27.5 Å². The van der Waals surface area contributed by atoms with Gasteiger partial charge in [0, 0.05) is 36.3 Å². The predicted octanol–water partition coefficient (Wildman–Crippen LogP) is 1.75. The standard InChI is InChI=1S/C15H22BrN3O2/c1-21-8-7-19(10-12-3-2-6-18-12)14-5-4-11(15(17)20)9-13(14)16/h4-5,9,12,18H,2-3,6-8,10H2,1H3,(H2,17,20). The van der Waals surface area contributed by atoms with Gasteiger partial charge in [-0.3, -0.25) is 4.79 Å². The number of hydrogen-bond donors (Lipinski definition) is 2. The molecule has 0 spiro atoms. The Balaban J connectivity index is 2.16. The maximum Gasteiger partial charge on any atom is 0.248 e. The lowest BCUT2D eigenvalue weighted by atomic mass is 10.1. The third-order valence-corrected chi connectivity index (χ3v) is 4.38. The average molecular weight is 356 g/mol. The fraction of sp³-hybridized carbons (Fsp3) is 0.533. The second kappa shape index (κ2) is 7.77. The molecular formula is C15H22BrN3O2. The van der Waals surface area contributed by atoms with E-state index in [1.54, 1.807) is 19.2 Å². The number of primary amides is 1. The molecule has 1 aromatic rings. The minimum absolute atomic E-state index is 0.414.